The Bertz CT molecular complexity index is 1130. The topological polar surface area (TPSA) is 91.7 Å². The van der Waals surface area contributed by atoms with E-state index in [9.17, 15) is 24.6 Å². The number of carboxylic acids is 2. The molecule has 184 valence electrons. The summed E-state index contributed by atoms with van der Waals surface area (Å²) in [5.41, 5.74) is 6.24. The quantitative estimate of drug-likeness (QED) is 0.463. The number of ketones is 1. The second-order valence-electron chi connectivity index (χ2n) is 10.2. The third-order valence-electron chi connectivity index (χ3n) is 7.95. The Morgan fingerprint density at radius 3 is 1.74 bits per heavy atom. The number of hydrogen-bond acceptors (Lipinski definition) is 3. The Kier molecular flexibility index (Phi) is 7.54. The van der Waals surface area contributed by atoms with E-state index in [1.165, 1.54) is 11.1 Å². The zero-order valence-electron chi connectivity index (χ0n) is 20.5. The molecule has 4 atom stereocenters. The van der Waals surface area contributed by atoms with E-state index in [1.807, 2.05) is 48.5 Å². The summed E-state index contributed by atoms with van der Waals surface area (Å²) in [7, 11) is 0. The molecular formula is C30H34O5. The highest BCUT2D eigenvalue weighted by Crippen LogP contribution is 2.41. The van der Waals surface area contributed by atoms with E-state index in [1.54, 1.807) is 13.8 Å². The molecule has 0 heterocycles. The molecule has 5 heteroatoms. The van der Waals surface area contributed by atoms with Crippen LogP contribution in [0.4, 0.5) is 0 Å². The van der Waals surface area contributed by atoms with Crippen molar-refractivity contribution in [1.29, 1.82) is 0 Å². The number of carbonyl (C=O) groups is 3. The van der Waals surface area contributed by atoms with Gasteiger partial charge in [0.05, 0.1) is 11.8 Å². The summed E-state index contributed by atoms with van der Waals surface area (Å²) in [6, 6.07) is 15.5. The van der Waals surface area contributed by atoms with Gasteiger partial charge in [-0.2, -0.15) is 0 Å². The van der Waals surface area contributed by atoms with Gasteiger partial charge in [-0.3, -0.25) is 14.4 Å². The first kappa shape index (κ1) is 24.9. The van der Waals surface area contributed by atoms with Crippen LogP contribution in [-0.4, -0.2) is 27.9 Å². The maximum atomic E-state index is 13.4. The zero-order valence-corrected chi connectivity index (χ0v) is 20.5. The molecule has 0 spiro atoms. The molecule has 0 saturated heterocycles. The maximum Gasteiger partial charge on any atom is 0.310 e. The van der Waals surface area contributed by atoms with Gasteiger partial charge in [-0.15, -0.1) is 0 Å². The van der Waals surface area contributed by atoms with Gasteiger partial charge < -0.3 is 10.2 Å². The van der Waals surface area contributed by atoms with Gasteiger partial charge in [0.15, 0.2) is 5.78 Å². The van der Waals surface area contributed by atoms with Crippen LogP contribution < -0.4 is 0 Å². The molecule has 2 aliphatic carbocycles. The summed E-state index contributed by atoms with van der Waals surface area (Å²) >= 11 is 0. The number of Topliss-reactive ketones (excluding diaryl/α,β-unsaturated/α-hetero) is 1. The van der Waals surface area contributed by atoms with Gasteiger partial charge >= 0.3 is 11.9 Å². The summed E-state index contributed by atoms with van der Waals surface area (Å²) in [5, 5.41) is 18.4. The predicted octanol–water partition coefficient (Wildman–Crippen LogP) is 5.92. The Morgan fingerprint density at radius 2 is 1.26 bits per heavy atom. The molecule has 4 rings (SSSR count). The van der Waals surface area contributed by atoms with Crippen LogP contribution >= 0.6 is 0 Å². The van der Waals surface area contributed by atoms with Crippen LogP contribution in [0.3, 0.4) is 0 Å². The summed E-state index contributed by atoms with van der Waals surface area (Å²) in [5.74, 6) is -2.04. The number of carboxylic acid groups (broad SMARTS) is 2. The lowest BCUT2D eigenvalue weighted by Gasteiger charge is -2.16. The minimum Gasteiger partial charge on any atom is -0.481 e. The molecule has 2 aromatic rings. The molecule has 0 amide bonds. The molecule has 0 aromatic heterocycles. The lowest BCUT2D eigenvalue weighted by atomic mass is 9.88. The van der Waals surface area contributed by atoms with Crippen LogP contribution in [0.2, 0.25) is 0 Å². The fourth-order valence-corrected chi connectivity index (χ4v) is 5.61. The van der Waals surface area contributed by atoms with Crippen molar-refractivity contribution in [3.63, 3.8) is 0 Å². The molecule has 2 aliphatic rings. The van der Waals surface area contributed by atoms with E-state index < -0.39 is 23.8 Å². The highest BCUT2D eigenvalue weighted by Gasteiger charge is 2.35. The van der Waals surface area contributed by atoms with Crippen LogP contribution in [-0.2, 0) is 27.2 Å². The molecule has 35 heavy (non-hydrogen) atoms. The lowest BCUT2D eigenvalue weighted by molar-refractivity contribution is -0.139. The van der Waals surface area contributed by atoms with Crippen LogP contribution in [0.1, 0.15) is 80.0 Å². The Morgan fingerprint density at radius 1 is 0.771 bits per heavy atom. The predicted molar refractivity (Wildman–Crippen MR) is 134 cm³/mol. The first-order valence-corrected chi connectivity index (χ1v) is 12.6. The van der Waals surface area contributed by atoms with Gasteiger partial charge in [0.1, 0.15) is 0 Å². The Balaban J connectivity index is 1.42. The number of benzene rings is 2. The van der Waals surface area contributed by atoms with E-state index in [-0.39, 0.29) is 5.92 Å². The first-order chi connectivity index (χ1) is 16.7. The van der Waals surface area contributed by atoms with Gasteiger partial charge in [-0.25, -0.2) is 0 Å². The van der Waals surface area contributed by atoms with Crippen LogP contribution in [0.15, 0.2) is 59.7 Å². The second-order valence-corrected chi connectivity index (χ2v) is 10.2. The van der Waals surface area contributed by atoms with E-state index in [4.69, 9.17) is 0 Å². The van der Waals surface area contributed by atoms with Gasteiger partial charge in [-0.1, -0.05) is 54.1 Å². The molecule has 0 bridgehead atoms. The highest BCUT2D eigenvalue weighted by atomic mass is 16.4. The summed E-state index contributed by atoms with van der Waals surface area (Å²) in [6.07, 6.45) is 6.51. The minimum atomic E-state index is -0.836. The molecular weight excluding hydrogens is 440 g/mol. The third-order valence-corrected chi connectivity index (χ3v) is 7.95. The molecule has 0 radical (unpaired) electrons. The van der Waals surface area contributed by atoms with Gasteiger partial charge in [0.25, 0.3) is 0 Å². The maximum absolute atomic E-state index is 13.4. The summed E-state index contributed by atoms with van der Waals surface area (Å²) < 4.78 is 0. The monoisotopic (exact) mass is 474 g/mol. The molecule has 0 aliphatic heterocycles. The lowest BCUT2D eigenvalue weighted by Crippen LogP contribution is -2.14. The normalized spacial score (nSPS) is 23.9. The van der Waals surface area contributed by atoms with Crippen LogP contribution in [0.5, 0.6) is 0 Å². The summed E-state index contributed by atoms with van der Waals surface area (Å²) in [4.78, 5) is 35.8. The molecule has 2 N–H and O–H groups in total. The average Bonchev–Trinajstić information content (AvgIpc) is 3.45. The van der Waals surface area contributed by atoms with Crippen LogP contribution in [0.25, 0.3) is 0 Å². The van der Waals surface area contributed by atoms with Crippen molar-refractivity contribution in [2.24, 2.45) is 11.8 Å². The van der Waals surface area contributed by atoms with Crippen molar-refractivity contribution in [3.8, 4) is 0 Å². The van der Waals surface area contributed by atoms with Crippen LogP contribution in [0, 0.1) is 11.8 Å². The van der Waals surface area contributed by atoms with Crippen molar-refractivity contribution in [2.75, 3.05) is 0 Å². The largest absolute Gasteiger partial charge is 0.481 e. The molecule has 2 fully saturated rings. The number of hydrogen-bond donors (Lipinski definition) is 2. The molecule has 2 aromatic carbocycles. The molecule has 4 unspecified atom stereocenters. The minimum absolute atomic E-state index is 0.00159. The molecule has 5 nitrogen and oxygen atoms in total. The fourth-order valence-electron chi connectivity index (χ4n) is 5.61. The van der Waals surface area contributed by atoms with Gasteiger partial charge in [0, 0.05) is 5.92 Å². The average molecular weight is 475 g/mol. The SMILES string of the molecule is CC(C(=O)O)c1ccc(CC2CC/C(=C3/CCCC3Cc3ccc(C(C)C(=O)O)cc3)C2=O)cc1. The Labute approximate surface area is 206 Å². The van der Waals surface area contributed by atoms with E-state index in [0.29, 0.717) is 18.1 Å². The van der Waals surface area contributed by atoms with Crippen molar-refractivity contribution in [3.05, 3.63) is 81.9 Å². The van der Waals surface area contributed by atoms with Gasteiger partial charge in [0.2, 0.25) is 0 Å². The van der Waals surface area contributed by atoms with Gasteiger partial charge in [-0.05, 0) is 92.5 Å². The number of aliphatic carboxylic acids is 2. The van der Waals surface area contributed by atoms with E-state index in [0.717, 1.165) is 60.8 Å². The van der Waals surface area contributed by atoms with Crippen molar-refractivity contribution in [1.82, 2.24) is 0 Å². The second kappa shape index (κ2) is 10.6. The van der Waals surface area contributed by atoms with E-state index in [2.05, 4.69) is 0 Å². The first-order valence-electron chi connectivity index (χ1n) is 12.6. The van der Waals surface area contributed by atoms with Crippen molar-refractivity contribution >= 4 is 17.7 Å². The van der Waals surface area contributed by atoms with Crippen molar-refractivity contribution in [2.45, 2.75) is 70.6 Å². The molecule has 2 saturated carbocycles. The number of rotatable bonds is 8. The van der Waals surface area contributed by atoms with Crippen molar-refractivity contribution < 1.29 is 24.6 Å². The fraction of sp³-hybridized carbons (Fsp3) is 0.433. The number of allylic oxidation sites excluding steroid dienone is 2. The van der Waals surface area contributed by atoms with E-state index >= 15 is 0 Å². The highest BCUT2D eigenvalue weighted by molar-refractivity contribution is 6.00. The zero-order chi connectivity index (χ0) is 25.1. The number of carbonyl (C=O) groups excluding carboxylic acids is 1. The smallest absolute Gasteiger partial charge is 0.310 e. The standard InChI is InChI=1S/C30H34O5/c1-18(29(32)33)22-10-6-20(7-11-22)16-24-4-3-5-26(24)27-15-14-25(28(27)31)17-21-8-12-23(13-9-21)19(2)30(34)35/h6-13,18-19,24-25H,3-5,14-17H2,1-2H3,(H,32,33)(H,34,35)/b27-26+. The summed E-state index contributed by atoms with van der Waals surface area (Å²) in [6.45, 7) is 3.38. The third kappa shape index (κ3) is 5.55. The Hall–Kier alpha value is -3.21.